The summed E-state index contributed by atoms with van der Waals surface area (Å²) in [6, 6.07) is 13.7. The fraction of sp³-hybridized carbons (Fsp3) is 0.350. The Hall–Kier alpha value is -2.22. The van der Waals surface area contributed by atoms with Gasteiger partial charge in [-0.15, -0.1) is 0 Å². The molecule has 2 aromatic rings. The zero-order valence-corrected chi connectivity index (χ0v) is 13.8. The Balaban J connectivity index is 2.05. The lowest BCUT2D eigenvalue weighted by molar-refractivity contribution is -0.0140. The maximum Gasteiger partial charge on any atom is 0.123 e. The number of benzene rings is 2. The van der Waals surface area contributed by atoms with Gasteiger partial charge < -0.3 is 9.64 Å². The molecular formula is C20H21FN2O. The highest BCUT2D eigenvalue weighted by atomic mass is 19.1. The van der Waals surface area contributed by atoms with Crippen molar-refractivity contribution in [3.8, 4) is 6.07 Å². The summed E-state index contributed by atoms with van der Waals surface area (Å²) in [5.41, 5.74) is 2.33. The first-order valence-corrected chi connectivity index (χ1v) is 7.89. The Morgan fingerprint density at radius 1 is 1.29 bits per heavy atom. The van der Waals surface area contributed by atoms with E-state index in [1.807, 2.05) is 6.07 Å². The summed E-state index contributed by atoms with van der Waals surface area (Å²) in [5, 5.41) is 9.13. The van der Waals surface area contributed by atoms with Crippen molar-refractivity contribution in [3.63, 3.8) is 0 Å². The normalized spacial score (nSPS) is 21.1. The number of nitriles is 1. The lowest BCUT2D eigenvalue weighted by atomic mass is 9.81. The van der Waals surface area contributed by atoms with Gasteiger partial charge in [0.25, 0.3) is 0 Å². The van der Waals surface area contributed by atoms with E-state index in [0.29, 0.717) is 18.6 Å². The molecule has 124 valence electrons. The summed E-state index contributed by atoms with van der Waals surface area (Å²) >= 11 is 0. The molecule has 24 heavy (non-hydrogen) atoms. The molecule has 1 aliphatic rings. The van der Waals surface area contributed by atoms with Crippen LogP contribution in [0.1, 0.15) is 37.8 Å². The molecule has 1 atom stereocenters. The molecule has 0 bridgehead atoms. The molecule has 0 aliphatic carbocycles. The van der Waals surface area contributed by atoms with Crippen LogP contribution in [0, 0.1) is 17.1 Å². The number of ether oxygens (including phenoxy) is 1. The van der Waals surface area contributed by atoms with Crippen LogP contribution >= 0.6 is 0 Å². The summed E-state index contributed by atoms with van der Waals surface area (Å²) in [5.74, 6) is -0.328. The van der Waals surface area contributed by atoms with E-state index in [4.69, 9.17) is 12.7 Å². The SMILES string of the molecule is [2H]C([2H])(CC[C@@]1(c2ccc(F)cc2)OCc2cc(C#N)ccc21)N(C)[11CH3]. The van der Waals surface area contributed by atoms with Gasteiger partial charge in [0.2, 0.25) is 0 Å². The summed E-state index contributed by atoms with van der Waals surface area (Å²) in [7, 11) is 3.40. The third kappa shape index (κ3) is 3.06. The van der Waals surface area contributed by atoms with Crippen molar-refractivity contribution in [3.05, 3.63) is 70.5 Å². The zero-order valence-electron chi connectivity index (χ0n) is 15.8. The van der Waals surface area contributed by atoms with Crippen LogP contribution in [0.4, 0.5) is 4.39 Å². The predicted molar refractivity (Wildman–Crippen MR) is 90.9 cm³/mol. The van der Waals surface area contributed by atoms with Gasteiger partial charge in [-0.3, -0.25) is 0 Å². The zero-order chi connectivity index (χ0) is 18.9. The van der Waals surface area contributed by atoms with Crippen molar-refractivity contribution in [1.82, 2.24) is 4.90 Å². The van der Waals surface area contributed by atoms with E-state index in [0.717, 1.165) is 16.7 Å². The molecule has 0 fully saturated rings. The predicted octanol–water partition coefficient (Wildman–Crippen LogP) is 3.81. The quantitative estimate of drug-likeness (QED) is 0.838. The van der Waals surface area contributed by atoms with Crippen LogP contribution in [0.5, 0.6) is 0 Å². The van der Waals surface area contributed by atoms with Crippen molar-refractivity contribution >= 4 is 0 Å². The Morgan fingerprint density at radius 3 is 2.71 bits per heavy atom. The topological polar surface area (TPSA) is 36.3 Å². The first kappa shape index (κ1) is 14.2. The Morgan fingerprint density at radius 2 is 2.04 bits per heavy atom. The third-order valence-electron chi connectivity index (χ3n) is 4.36. The third-order valence-corrected chi connectivity index (χ3v) is 4.36. The molecule has 1 heterocycles. The lowest BCUT2D eigenvalue weighted by Crippen LogP contribution is -2.28. The Labute approximate surface area is 145 Å². The fourth-order valence-electron chi connectivity index (χ4n) is 3.22. The summed E-state index contributed by atoms with van der Waals surface area (Å²) < 4.78 is 36.0. The molecule has 0 saturated carbocycles. The number of hydrogen-bond donors (Lipinski definition) is 0. The molecule has 1 aliphatic heterocycles. The molecule has 0 amide bonds. The van der Waals surface area contributed by atoms with E-state index >= 15 is 0 Å². The average Bonchev–Trinajstić information content (AvgIpc) is 2.99. The molecule has 3 rings (SSSR count). The van der Waals surface area contributed by atoms with Crippen LogP contribution in [0.15, 0.2) is 42.5 Å². The number of halogens is 1. The first-order valence-electron chi connectivity index (χ1n) is 8.89. The van der Waals surface area contributed by atoms with Gasteiger partial charge in [0.1, 0.15) is 11.4 Å². The molecule has 0 N–H and O–H groups in total. The minimum absolute atomic E-state index is 0.247. The van der Waals surface area contributed by atoms with E-state index < -0.39 is 12.1 Å². The monoisotopic (exact) mass is 325 g/mol. The van der Waals surface area contributed by atoms with Crippen LogP contribution in [0.2, 0.25) is 0 Å². The number of rotatable bonds is 5. The number of hydrogen-bond acceptors (Lipinski definition) is 3. The van der Waals surface area contributed by atoms with Gasteiger partial charge >= 0.3 is 0 Å². The highest BCUT2D eigenvalue weighted by Crippen LogP contribution is 2.45. The second-order valence-corrected chi connectivity index (χ2v) is 6.16. The summed E-state index contributed by atoms with van der Waals surface area (Å²) in [4.78, 5) is 1.54. The smallest absolute Gasteiger partial charge is 0.123 e. The van der Waals surface area contributed by atoms with Crippen molar-refractivity contribution < 1.29 is 11.9 Å². The molecule has 2 aromatic carbocycles. The largest absolute Gasteiger partial charge is 0.361 e. The molecule has 0 radical (unpaired) electrons. The minimum atomic E-state index is -1.49. The highest BCUT2D eigenvalue weighted by molar-refractivity contribution is 5.47. The van der Waals surface area contributed by atoms with Crippen molar-refractivity contribution in [1.29, 1.82) is 5.26 Å². The highest BCUT2D eigenvalue weighted by Gasteiger charge is 2.41. The second kappa shape index (κ2) is 6.72. The van der Waals surface area contributed by atoms with Crippen molar-refractivity contribution in [2.75, 3.05) is 20.6 Å². The van der Waals surface area contributed by atoms with Gasteiger partial charge in [-0.2, -0.15) is 5.26 Å². The van der Waals surface area contributed by atoms with Crippen LogP contribution in [-0.4, -0.2) is 25.5 Å². The van der Waals surface area contributed by atoms with E-state index in [2.05, 4.69) is 6.07 Å². The van der Waals surface area contributed by atoms with Crippen LogP contribution < -0.4 is 0 Å². The van der Waals surface area contributed by atoms with Crippen LogP contribution in [0.25, 0.3) is 0 Å². The molecule has 0 spiro atoms. The standard InChI is InChI=1S/C20H21FN2O/c1-23(2)11-3-10-20(17-5-7-18(21)8-6-17)19-9-4-15(13-22)12-16(19)14-24-20/h4-9,12H,3,10-11,14H2,1-2H3/t20-/m0/s1/i1-1,11D2. The summed E-state index contributed by atoms with van der Waals surface area (Å²) in [6.45, 7) is -1.15. The van der Waals surface area contributed by atoms with Crippen molar-refractivity contribution in [2.45, 2.75) is 25.0 Å². The molecule has 4 heteroatoms. The average molecular weight is 325 g/mol. The van der Waals surface area contributed by atoms with E-state index in [-0.39, 0.29) is 12.2 Å². The number of fused-ring (bicyclic) bond motifs is 1. The van der Waals surface area contributed by atoms with Gasteiger partial charge in [0, 0.05) is 2.74 Å². The summed E-state index contributed by atoms with van der Waals surface area (Å²) in [6.07, 6.45) is 0.652. The number of nitrogens with zero attached hydrogens (tertiary/aromatic N) is 2. The molecule has 0 aromatic heterocycles. The van der Waals surface area contributed by atoms with Crippen molar-refractivity contribution in [2.24, 2.45) is 0 Å². The molecular weight excluding hydrogens is 302 g/mol. The van der Waals surface area contributed by atoms with Gasteiger partial charge in [-0.25, -0.2) is 4.39 Å². The lowest BCUT2D eigenvalue weighted by Gasteiger charge is -2.31. The van der Waals surface area contributed by atoms with Crippen LogP contribution in [-0.2, 0) is 16.9 Å². The maximum atomic E-state index is 13.4. The van der Waals surface area contributed by atoms with Gasteiger partial charge in [0.15, 0.2) is 0 Å². The van der Waals surface area contributed by atoms with E-state index in [1.54, 1.807) is 43.3 Å². The van der Waals surface area contributed by atoms with Gasteiger partial charge in [0.05, 0.1) is 18.2 Å². The maximum absolute atomic E-state index is 13.4. The van der Waals surface area contributed by atoms with Crippen LogP contribution in [0.3, 0.4) is 0 Å². The second-order valence-electron chi connectivity index (χ2n) is 6.16. The first-order chi connectivity index (χ1) is 12.3. The van der Waals surface area contributed by atoms with E-state index in [1.165, 1.54) is 12.1 Å². The van der Waals surface area contributed by atoms with Gasteiger partial charge in [-0.1, -0.05) is 18.2 Å². The molecule has 3 nitrogen and oxygen atoms in total. The van der Waals surface area contributed by atoms with Gasteiger partial charge in [-0.05, 0) is 74.4 Å². The Kier molecular flexibility index (Phi) is 3.96. The Bertz CT molecular complexity index is 846. The fourth-order valence-corrected chi connectivity index (χ4v) is 3.22. The minimum Gasteiger partial charge on any atom is -0.361 e. The molecule has 0 saturated heterocycles. The molecule has 0 unspecified atom stereocenters. The van der Waals surface area contributed by atoms with E-state index in [9.17, 15) is 4.39 Å².